The first kappa shape index (κ1) is 12.9. The van der Waals surface area contributed by atoms with Crippen LogP contribution in [0.15, 0.2) is 5.03 Å². The Labute approximate surface area is 99.7 Å². The van der Waals surface area contributed by atoms with Crippen LogP contribution in [0.4, 0.5) is 0 Å². The molecule has 0 bridgehead atoms. The zero-order valence-electron chi connectivity index (χ0n) is 9.69. The van der Waals surface area contributed by atoms with E-state index in [1.807, 2.05) is 20.8 Å². The number of aliphatic hydroxyl groups excluding tert-OH is 1. The summed E-state index contributed by atoms with van der Waals surface area (Å²) in [5.41, 5.74) is 2.27. The Morgan fingerprint density at radius 3 is 2.69 bits per heavy atom. The molecule has 16 heavy (non-hydrogen) atoms. The van der Waals surface area contributed by atoms with Crippen molar-refractivity contribution in [2.45, 2.75) is 37.5 Å². The summed E-state index contributed by atoms with van der Waals surface area (Å²) in [5.74, 6) is 0. The Morgan fingerprint density at radius 1 is 1.44 bits per heavy atom. The highest BCUT2D eigenvalue weighted by Crippen LogP contribution is 2.27. The molecule has 1 aromatic rings. The van der Waals surface area contributed by atoms with Crippen LogP contribution in [0.3, 0.4) is 0 Å². The minimum Gasteiger partial charge on any atom is -0.396 e. The third kappa shape index (κ3) is 2.94. The van der Waals surface area contributed by atoms with Crippen LogP contribution in [-0.4, -0.2) is 27.2 Å². The largest absolute Gasteiger partial charge is 0.396 e. The normalized spacial score (nSPS) is 12.2. The van der Waals surface area contributed by atoms with Gasteiger partial charge < -0.3 is 5.11 Å². The summed E-state index contributed by atoms with van der Waals surface area (Å²) in [7, 11) is 0. The molecule has 1 aromatic heterocycles. The Bertz CT molecular complexity index is 414. The molecule has 0 radical (unpaired) electrons. The summed E-state index contributed by atoms with van der Waals surface area (Å²) >= 11 is 1.49. The third-order valence-electron chi connectivity index (χ3n) is 2.38. The fraction of sp³-hybridized carbons (Fsp3) is 0.545. The maximum Gasteiger partial charge on any atom is 0.137 e. The van der Waals surface area contributed by atoms with Crippen LogP contribution in [0.25, 0.3) is 0 Å². The first-order chi connectivity index (χ1) is 7.60. The number of rotatable bonds is 4. The number of nitriles is 1. The lowest BCUT2D eigenvalue weighted by molar-refractivity contribution is 0.289. The zero-order chi connectivity index (χ0) is 12.1. The smallest absolute Gasteiger partial charge is 0.137 e. The number of hydrogen-bond acceptors (Lipinski definition) is 5. The minimum atomic E-state index is 0.147. The van der Waals surface area contributed by atoms with Gasteiger partial charge in [0.15, 0.2) is 0 Å². The molecule has 0 aliphatic heterocycles. The van der Waals surface area contributed by atoms with E-state index in [1.165, 1.54) is 11.8 Å². The summed E-state index contributed by atoms with van der Waals surface area (Å²) in [6.45, 7) is 5.87. The van der Waals surface area contributed by atoms with Gasteiger partial charge in [-0.3, -0.25) is 0 Å². The van der Waals surface area contributed by atoms with E-state index < -0.39 is 0 Å². The Balaban J connectivity index is 2.97. The van der Waals surface area contributed by atoms with Crippen LogP contribution < -0.4 is 0 Å². The van der Waals surface area contributed by atoms with E-state index >= 15 is 0 Å². The molecule has 1 N–H and O–H groups in total. The van der Waals surface area contributed by atoms with Crippen molar-refractivity contribution in [1.82, 2.24) is 10.2 Å². The van der Waals surface area contributed by atoms with E-state index in [4.69, 9.17) is 10.4 Å². The molecule has 0 aliphatic carbocycles. The van der Waals surface area contributed by atoms with E-state index in [1.54, 1.807) is 0 Å². The topological polar surface area (TPSA) is 69.8 Å². The highest BCUT2D eigenvalue weighted by molar-refractivity contribution is 7.99. The molecule has 0 amide bonds. The number of aliphatic hydroxyl groups is 1. The lowest BCUT2D eigenvalue weighted by Crippen LogP contribution is -2.04. The summed E-state index contributed by atoms with van der Waals surface area (Å²) in [6.07, 6.45) is 0.685. The van der Waals surface area contributed by atoms with Crippen LogP contribution >= 0.6 is 11.8 Å². The van der Waals surface area contributed by atoms with Gasteiger partial charge in [0.05, 0.1) is 11.3 Å². The average molecular weight is 237 g/mol. The van der Waals surface area contributed by atoms with Gasteiger partial charge in [0, 0.05) is 11.9 Å². The van der Waals surface area contributed by atoms with Gasteiger partial charge >= 0.3 is 0 Å². The standard InChI is InChI=1S/C11H15N3OS/c1-7(4-5-15)16-11-10(6-12)8(2)9(3)13-14-11/h7,15H,4-5H2,1-3H3. The van der Waals surface area contributed by atoms with Crippen molar-refractivity contribution in [3.8, 4) is 6.07 Å². The van der Waals surface area contributed by atoms with Crippen molar-refractivity contribution in [3.05, 3.63) is 16.8 Å². The van der Waals surface area contributed by atoms with Gasteiger partial charge in [-0.1, -0.05) is 18.7 Å². The van der Waals surface area contributed by atoms with Gasteiger partial charge in [0.1, 0.15) is 11.1 Å². The lowest BCUT2D eigenvalue weighted by Gasteiger charge is -2.10. The molecule has 0 aliphatic rings. The lowest BCUT2D eigenvalue weighted by atomic mass is 10.1. The fourth-order valence-corrected chi connectivity index (χ4v) is 2.24. The Morgan fingerprint density at radius 2 is 2.12 bits per heavy atom. The first-order valence-electron chi connectivity index (χ1n) is 5.11. The van der Waals surface area contributed by atoms with E-state index in [0.717, 1.165) is 11.3 Å². The molecule has 4 nitrogen and oxygen atoms in total. The predicted octanol–water partition coefficient (Wildman–Crippen LogP) is 1.83. The third-order valence-corrected chi connectivity index (χ3v) is 3.53. The highest BCUT2D eigenvalue weighted by Gasteiger charge is 2.14. The molecular formula is C11H15N3OS. The number of thioether (sulfide) groups is 1. The zero-order valence-corrected chi connectivity index (χ0v) is 10.5. The average Bonchev–Trinajstić information content (AvgIpc) is 2.24. The number of hydrogen-bond donors (Lipinski definition) is 1. The first-order valence-corrected chi connectivity index (χ1v) is 5.99. The quantitative estimate of drug-likeness (QED) is 0.809. The van der Waals surface area contributed by atoms with Crippen LogP contribution in [-0.2, 0) is 0 Å². The number of aryl methyl sites for hydroxylation is 1. The van der Waals surface area contributed by atoms with E-state index in [9.17, 15) is 0 Å². The summed E-state index contributed by atoms with van der Waals surface area (Å²) in [6, 6.07) is 2.17. The van der Waals surface area contributed by atoms with Crippen LogP contribution in [0.1, 0.15) is 30.2 Å². The maximum atomic E-state index is 9.09. The van der Waals surface area contributed by atoms with Crippen molar-refractivity contribution in [2.75, 3.05) is 6.61 Å². The second-order valence-electron chi connectivity index (χ2n) is 3.64. The predicted molar refractivity (Wildman–Crippen MR) is 63.2 cm³/mol. The van der Waals surface area contributed by atoms with Crippen LogP contribution in [0, 0.1) is 25.2 Å². The van der Waals surface area contributed by atoms with Gasteiger partial charge in [-0.15, -0.1) is 5.10 Å². The monoisotopic (exact) mass is 237 g/mol. The van der Waals surface area contributed by atoms with E-state index in [2.05, 4.69) is 16.3 Å². The van der Waals surface area contributed by atoms with Crippen molar-refractivity contribution in [2.24, 2.45) is 0 Å². The molecule has 1 heterocycles. The van der Waals surface area contributed by atoms with Gasteiger partial charge in [-0.2, -0.15) is 10.4 Å². The van der Waals surface area contributed by atoms with E-state index in [0.29, 0.717) is 17.0 Å². The summed E-state index contributed by atoms with van der Waals surface area (Å²) in [5, 5.41) is 26.9. The van der Waals surface area contributed by atoms with Gasteiger partial charge in [0.2, 0.25) is 0 Å². The van der Waals surface area contributed by atoms with Gasteiger partial charge in [-0.05, 0) is 25.8 Å². The molecule has 1 atom stereocenters. The Hall–Kier alpha value is -1.12. The highest BCUT2D eigenvalue weighted by atomic mass is 32.2. The molecule has 0 spiro atoms. The Kier molecular flexibility index (Phi) is 4.71. The maximum absolute atomic E-state index is 9.09. The molecular weight excluding hydrogens is 222 g/mol. The fourth-order valence-electron chi connectivity index (χ4n) is 1.23. The van der Waals surface area contributed by atoms with Gasteiger partial charge in [0.25, 0.3) is 0 Å². The molecule has 0 saturated heterocycles. The second kappa shape index (κ2) is 5.83. The molecule has 0 aromatic carbocycles. The van der Waals surface area contributed by atoms with Crippen LogP contribution in [0.5, 0.6) is 0 Å². The van der Waals surface area contributed by atoms with Crippen molar-refractivity contribution in [1.29, 1.82) is 5.26 Å². The molecule has 1 rings (SSSR count). The SMILES string of the molecule is Cc1nnc(SC(C)CCO)c(C#N)c1C. The number of aromatic nitrogens is 2. The molecule has 0 fully saturated rings. The molecule has 0 saturated carbocycles. The molecule has 5 heteroatoms. The van der Waals surface area contributed by atoms with E-state index in [-0.39, 0.29) is 11.9 Å². The number of nitrogens with zero attached hydrogens (tertiary/aromatic N) is 3. The minimum absolute atomic E-state index is 0.147. The molecule has 1 unspecified atom stereocenters. The summed E-state index contributed by atoms with van der Waals surface area (Å²) in [4.78, 5) is 0. The van der Waals surface area contributed by atoms with Crippen molar-refractivity contribution >= 4 is 11.8 Å². The second-order valence-corrected chi connectivity index (χ2v) is 5.07. The van der Waals surface area contributed by atoms with Crippen molar-refractivity contribution < 1.29 is 5.11 Å². The van der Waals surface area contributed by atoms with Crippen molar-refractivity contribution in [3.63, 3.8) is 0 Å². The molecule has 86 valence electrons. The van der Waals surface area contributed by atoms with Gasteiger partial charge in [-0.25, -0.2) is 0 Å². The van der Waals surface area contributed by atoms with Crippen LogP contribution in [0.2, 0.25) is 0 Å². The summed E-state index contributed by atoms with van der Waals surface area (Å²) < 4.78 is 0.